The van der Waals surface area contributed by atoms with Crippen LogP contribution in [0.15, 0.2) is 12.3 Å². The maximum Gasteiger partial charge on any atom is 0.226 e. The Morgan fingerprint density at radius 1 is 1.50 bits per heavy atom. The fraction of sp³-hybridized carbons (Fsp3) is 0.636. The summed E-state index contributed by atoms with van der Waals surface area (Å²) < 4.78 is 0. The fourth-order valence-corrected chi connectivity index (χ4v) is 1.07. The first-order valence-electron chi connectivity index (χ1n) is 5.41. The van der Waals surface area contributed by atoms with E-state index >= 15 is 0 Å². The number of hydrogen-bond acceptors (Lipinski definition) is 5. The van der Waals surface area contributed by atoms with Gasteiger partial charge in [0.25, 0.3) is 0 Å². The number of anilines is 2. The van der Waals surface area contributed by atoms with Crippen LogP contribution in [0.5, 0.6) is 0 Å². The van der Waals surface area contributed by atoms with Gasteiger partial charge in [0, 0.05) is 26.8 Å². The Kier molecular flexibility index (Phi) is 4.06. The van der Waals surface area contributed by atoms with Crippen LogP contribution >= 0.6 is 0 Å². The SMILES string of the molecule is CCC(C)(O)CNc1ccnc(N(C)C)n1. The Balaban J connectivity index is 2.64. The van der Waals surface area contributed by atoms with Gasteiger partial charge in [-0.1, -0.05) is 6.92 Å². The van der Waals surface area contributed by atoms with Crippen LogP contribution in [0.3, 0.4) is 0 Å². The van der Waals surface area contributed by atoms with Crippen molar-refractivity contribution >= 4 is 11.8 Å². The summed E-state index contributed by atoms with van der Waals surface area (Å²) in [6, 6.07) is 1.79. The molecule has 0 radical (unpaired) electrons. The molecule has 1 heterocycles. The molecule has 1 atom stereocenters. The molecule has 0 aromatic carbocycles. The first kappa shape index (κ1) is 12.7. The van der Waals surface area contributed by atoms with Gasteiger partial charge in [-0.05, 0) is 19.4 Å². The molecule has 0 amide bonds. The van der Waals surface area contributed by atoms with Gasteiger partial charge in [-0.15, -0.1) is 0 Å². The molecule has 0 fully saturated rings. The highest BCUT2D eigenvalue weighted by molar-refractivity contribution is 5.40. The van der Waals surface area contributed by atoms with Gasteiger partial charge in [0.2, 0.25) is 5.95 Å². The molecule has 0 spiro atoms. The maximum atomic E-state index is 9.85. The predicted molar refractivity (Wildman–Crippen MR) is 65.8 cm³/mol. The van der Waals surface area contributed by atoms with E-state index in [0.717, 1.165) is 5.82 Å². The van der Waals surface area contributed by atoms with Crippen LogP contribution in [0, 0.1) is 0 Å². The average Bonchev–Trinajstić information content (AvgIpc) is 2.27. The molecule has 0 bridgehead atoms. The van der Waals surface area contributed by atoms with E-state index < -0.39 is 5.60 Å². The van der Waals surface area contributed by atoms with Crippen molar-refractivity contribution in [2.24, 2.45) is 0 Å². The summed E-state index contributed by atoms with van der Waals surface area (Å²) in [6.45, 7) is 4.23. The third-order valence-electron chi connectivity index (χ3n) is 2.45. The molecule has 0 saturated carbocycles. The lowest BCUT2D eigenvalue weighted by atomic mass is 10.0. The van der Waals surface area contributed by atoms with Crippen LogP contribution in [-0.2, 0) is 0 Å². The van der Waals surface area contributed by atoms with Crippen molar-refractivity contribution in [1.82, 2.24) is 9.97 Å². The number of hydrogen-bond donors (Lipinski definition) is 2. The third-order valence-corrected chi connectivity index (χ3v) is 2.45. The topological polar surface area (TPSA) is 61.3 Å². The summed E-state index contributed by atoms with van der Waals surface area (Å²) >= 11 is 0. The molecule has 0 saturated heterocycles. The number of aromatic nitrogens is 2. The monoisotopic (exact) mass is 224 g/mol. The normalized spacial score (nSPS) is 14.3. The minimum Gasteiger partial charge on any atom is -0.388 e. The second-order valence-electron chi connectivity index (χ2n) is 4.34. The minimum absolute atomic E-state index is 0.480. The highest BCUT2D eigenvalue weighted by Crippen LogP contribution is 2.12. The second-order valence-corrected chi connectivity index (χ2v) is 4.34. The quantitative estimate of drug-likeness (QED) is 0.784. The molecule has 0 aliphatic carbocycles. The Morgan fingerprint density at radius 3 is 2.75 bits per heavy atom. The summed E-state index contributed by atoms with van der Waals surface area (Å²) in [4.78, 5) is 10.3. The van der Waals surface area contributed by atoms with Crippen LogP contribution in [0.2, 0.25) is 0 Å². The van der Waals surface area contributed by atoms with Crippen molar-refractivity contribution in [2.45, 2.75) is 25.9 Å². The van der Waals surface area contributed by atoms with Crippen LogP contribution in [0.25, 0.3) is 0 Å². The zero-order valence-electron chi connectivity index (χ0n) is 10.4. The smallest absolute Gasteiger partial charge is 0.226 e. The Hall–Kier alpha value is -1.36. The van der Waals surface area contributed by atoms with Gasteiger partial charge in [-0.25, -0.2) is 4.98 Å². The molecular weight excluding hydrogens is 204 g/mol. The number of nitrogens with zero attached hydrogens (tertiary/aromatic N) is 3. The van der Waals surface area contributed by atoms with Gasteiger partial charge in [-0.3, -0.25) is 0 Å². The molecule has 5 heteroatoms. The van der Waals surface area contributed by atoms with Crippen LogP contribution < -0.4 is 10.2 Å². The molecule has 0 aliphatic heterocycles. The van der Waals surface area contributed by atoms with E-state index in [9.17, 15) is 5.11 Å². The van der Waals surface area contributed by atoms with Crippen molar-refractivity contribution < 1.29 is 5.11 Å². The highest BCUT2D eigenvalue weighted by Gasteiger charge is 2.17. The van der Waals surface area contributed by atoms with E-state index in [1.54, 1.807) is 19.2 Å². The Morgan fingerprint density at radius 2 is 2.19 bits per heavy atom. The van der Waals surface area contributed by atoms with Gasteiger partial charge in [0.15, 0.2) is 0 Å². The van der Waals surface area contributed by atoms with E-state index in [-0.39, 0.29) is 0 Å². The largest absolute Gasteiger partial charge is 0.388 e. The first-order chi connectivity index (χ1) is 7.44. The van der Waals surface area contributed by atoms with E-state index in [4.69, 9.17) is 0 Å². The summed E-state index contributed by atoms with van der Waals surface area (Å²) in [6.07, 6.45) is 2.40. The van der Waals surface area contributed by atoms with Gasteiger partial charge in [0.05, 0.1) is 5.60 Å². The zero-order chi connectivity index (χ0) is 12.2. The number of nitrogens with one attached hydrogen (secondary N) is 1. The summed E-state index contributed by atoms with van der Waals surface area (Å²) in [7, 11) is 3.78. The summed E-state index contributed by atoms with van der Waals surface area (Å²) in [5.74, 6) is 1.38. The lowest BCUT2D eigenvalue weighted by molar-refractivity contribution is 0.0696. The first-order valence-corrected chi connectivity index (χ1v) is 5.41. The fourth-order valence-electron chi connectivity index (χ4n) is 1.07. The Labute approximate surface area is 96.5 Å². The van der Waals surface area contributed by atoms with E-state index in [0.29, 0.717) is 18.9 Å². The van der Waals surface area contributed by atoms with Gasteiger partial charge in [0.1, 0.15) is 5.82 Å². The van der Waals surface area contributed by atoms with Crippen molar-refractivity contribution in [2.75, 3.05) is 30.9 Å². The summed E-state index contributed by atoms with van der Waals surface area (Å²) in [5.41, 5.74) is -0.705. The van der Waals surface area contributed by atoms with Crippen LogP contribution in [0.1, 0.15) is 20.3 Å². The molecular formula is C11H20N4O. The molecule has 1 aromatic rings. The third kappa shape index (κ3) is 3.66. The molecule has 1 aromatic heterocycles. The van der Waals surface area contributed by atoms with Crippen molar-refractivity contribution in [3.05, 3.63) is 12.3 Å². The second kappa shape index (κ2) is 5.12. The number of aliphatic hydroxyl groups is 1. The Bertz CT molecular complexity index is 339. The highest BCUT2D eigenvalue weighted by atomic mass is 16.3. The summed E-state index contributed by atoms with van der Waals surface area (Å²) in [5, 5.41) is 13.0. The van der Waals surface area contributed by atoms with Gasteiger partial charge >= 0.3 is 0 Å². The molecule has 5 nitrogen and oxygen atoms in total. The van der Waals surface area contributed by atoms with E-state index in [2.05, 4.69) is 15.3 Å². The molecule has 1 unspecified atom stereocenters. The van der Waals surface area contributed by atoms with Crippen molar-refractivity contribution in [1.29, 1.82) is 0 Å². The predicted octanol–water partition coefficient (Wildman–Crippen LogP) is 1.12. The number of rotatable bonds is 5. The van der Waals surface area contributed by atoms with Crippen LogP contribution in [0.4, 0.5) is 11.8 Å². The van der Waals surface area contributed by atoms with Crippen LogP contribution in [-0.4, -0.2) is 41.3 Å². The molecule has 2 N–H and O–H groups in total. The minimum atomic E-state index is -0.705. The molecule has 0 aliphatic rings. The average molecular weight is 224 g/mol. The zero-order valence-corrected chi connectivity index (χ0v) is 10.4. The van der Waals surface area contributed by atoms with Gasteiger partial charge < -0.3 is 15.3 Å². The van der Waals surface area contributed by atoms with Crippen molar-refractivity contribution in [3.8, 4) is 0 Å². The van der Waals surface area contributed by atoms with Crippen molar-refractivity contribution in [3.63, 3.8) is 0 Å². The van der Waals surface area contributed by atoms with Gasteiger partial charge in [-0.2, -0.15) is 4.98 Å². The maximum absolute atomic E-state index is 9.85. The lowest BCUT2D eigenvalue weighted by Crippen LogP contribution is -2.32. The van der Waals surface area contributed by atoms with E-state index in [1.165, 1.54) is 0 Å². The van der Waals surface area contributed by atoms with E-state index in [1.807, 2.05) is 25.9 Å². The molecule has 16 heavy (non-hydrogen) atoms. The lowest BCUT2D eigenvalue weighted by Gasteiger charge is -2.22. The molecule has 90 valence electrons. The molecule has 1 rings (SSSR count). The standard InChI is InChI=1S/C11H20N4O/c1-5-11(2,16)8-13-9-6-7-12-10(14-9)15(3)4/h6-7,16H,5,8H2,1-4H3,(H,12,13,14).